The number of halogens is 2. The van der Waals surface area contributed by atoms with Crippen LogP contribution in [-0.2, 0) is 0 Å². The molecule has 0 radical (unpaired) electrons. The lowest BCUT2D eigenvalue weighted by atomic mass is 9.83. The summed E-state index contributed by atoms with van der Waals surface area (Å²) in [6.07, 6.45) is 5.77. The van der Waals surface area contributed by atoms with Crippen LogP contribution in [0.4, 0.5) is 14.5 Å². The number of hydrogen-bond acceptors (Lipinski definition) is 2. The number of rotatable bonds is 5. The second kappa shape index (κ2) is 6.04. The van der Waals surface area contributed by atoms with Crippen molar-refractivity contribution in [1.82, 2.24) is 0 Å². The van der Waals surface area contributed by atoms with Gasteiger partial charge in [-0.15, -0.1) is 0 Å². The van der Waals surface area contributed by atoms with E-state index < -0.39 is 11.6 Å². The fourth-order valence-corrected chi connectivity index (χ4v) is 3.10. The highest BCUT2D eigenvalue weighted by molar-refractivity contribution is 7.80. The van der Waals surface area contributed by atoms with Crippen LogP contribution in [0.2, 0.25) is 0 Å². The van der Waals surface area contributed by atoms with E-state index in [1.807, 2.05) is 0 Å². The van der Waals surface area contributed by atoms with E-state index in [1.54, 1.807) is 0 Å². The molecule has 0 spiro atoms. The number of thiocarbonyl (C=S) groups is 1. The molecule has 20 heavy (non-hydrogen) atoms. The molecule has 3 N–H and O–H groups in total. The molecule has 0 unspecified atom stereocenters. The van der Waals surface area contributed by atoms with Crippen LogP contribution >= 0.6 is 12.2 Å². The summed E-state index contributed by atoms with van der Waals surface area (Å²) < 4.78 is 27.8. The third kappa shape index (κ3) is 2.92. The summed E-state index contributed by atoms with van der Waals surface area (Å²) in [6.45, 7) is 2.83. The SMILES string of the molecule is CCC1(CNc2ccc(C(N)=S)c(F)c2F)CCCC1. The van der Waals surface area contributed by atoms with Crippen molar-refractivity contribution in [3.8, 4) is 0 Å². The third-order valence-electron chi connectivity index (χ3n) is 4.42. The van der Waals surface area contributed by atoms with Gasteiger partial charge in [-0.3, -0.25) is 0 Å². The van der Waals surface area contributed by atoms with E-state index in [0.717, 1.165) is 19.3 Å². The number of hydrogen-bond donors (Lipinski definition) is 2. The second-order valence-electron chi connectivity index (χ2n) is 5.57. The van der Waals surface area contributed by atoms with Gasteiger partial charge >= 0.3 is 0 Å². The maximum atomic E-state index is 14.0. The Bertz CT molecular complexity index is 511. The topological polar surface area (TPSA) is 38.0 Å². The van der Waals surface area contributed by atoms with E-state index in [1.165, 1.54) is 25.0 Å². The summed E-state index contributed by atoms with van der Waals surface area (Å²) >= 11 is 4.69. The van der Waals surface area contributed by atoms with Crippen molar-refractivity contribution in [2.75, 3.05) is 11.9 Å². The van der Waals surface area contributed by atoms with E-state index in [9.17, 15) is 8.78 Å². The maximum absolute atomic E-state index is 14.0. The molecule has 0 atom stereocenters. The van der Waals surface area contributed by atoms with Gasteiger partial charge in [0, 0.05) is 12.1 Å². The zero-order valence-corrected chi connectivity index (χ0v) is 12.5. The van der Waals surface area contributed by atoms with Crippen LogP contribution in [-0.4, -0.2) is 11.5 Å². The number of benzene rings is 1. The van der Waals surface area contributed by atoms with E-state index in [-0.39, 0.29) is 21.7 Å². The van der Waals surface area contributed by atoms with Crippen LogP contribution in [0, 0.1) is 17.0 Å². The molecular weight excluding hydrogens is 278 g/mol. The molecule has 2 nitrogen and oxygen atoms in total. The molecule has 1 aromatic rings. The van der Waals surface area contributed by atoms with Crippen molar-refractivity contribution in [1.29, 1.82) is 0 Å². The van der Waals surface area contributed by atoms with Gasteiger partial charge in [-0.1, -0.05) is 32.0 Å². The molecule has 1 saturated carbocycles. The Morgan fingerprint density at radius 1 is 1.30 bits per heavy atom. The quantitative estimate of drug-likeness (QED) is 0.807. The first-order chi connectivity index (χ1) is 9.49. The standard InChI is InChI=1S/C15H20F2N2S/c1-2-15(7-3-4-8-15)9-19-11-6-5-10(14(18)20)12(16)13(11)17/h5-6,19H,2-4,7-9H2,1H3,(H2,18,20). The molecule has 0 aromatic heterocycles. The summed E-state index contributed by atoms with van der Waals surface area (Å²) in [4.78, 5) is -0.131. The van der Waals surface area contributed by atoms with Crippen molar-refractivity contribution in [2.45, 2.75) is 39.0 Å². The number of nitrogens with one attached hydrogen (secondary N) is 1. The molecule has 5 heteroatoms. The Labute approximate surface area is 123 Å². The van der Waals surface area contributed by atoms with Crippen molar-refractivity contribution in [3.05, 3.63) is 29.3 Å². The molecule has 1 aliphatic carbocycles. The molecule has 0 bridgehead atoms. The first kappa shape index (κ1) is 15.2. The summed E-state index contributed by atoms with van der Waals surface area (Å²) in [6, 6.07) is 2.93. The lowest BCUT2D eigenvalue weighted by Crippen LogP contribution is -2.26. The molecule has 110 valence electrons. The first-order valence-corrected chi connectivity index (χ1v) is 7.41. The minimum atomic E-state index is -0.973. The van der Waals surface area contributed by atoms with E-state index >= 15 is 0 Å². The van der Waals surface area contributed by atoms with Crippen molar-refractivity contribution < 1.29 is 8.78 Å². The lowest BCUT2D eigenvalue weighted by molar-refractivity contribution is 0.306. The molecule has 0 saturated heterocycles. The van der Waals surface area contributed by atoms with Crippen molar-refractivity contribution in [3.63, 3.8) is 0 Å². The minimum absolute atomic E-state index is 0.0471. The fraction of sp³-hybridized carbons (Fsp3) is 0.533. The van der Waals surface area contributed by atoms with E-state index in [2.05, 4.69) is 12.2 Å². The van der Waals surface area contributed by atoms with Gasteiger partial charge < -0.3 is 11.1 Å². The molecule has 2 rings (SSSR count). The predicted octanol–water partition coefficient (Wildman–Crippen LogP) is 3.98. The van der Waals surface area contributed by atoms with Gasteiger partial charge in [-0.2, -0.15) is 0 Å². The zero-order chi connectivity index (χ0) is 14.8. The highest BCUT2D eigenvalue weighted by Gasteiger charge is 2.32. The molecule has 0 amide bonds. The predicted molar refractivity (Wildman–Crippen MR) is 81.9 cm³/mol. The first-order valence-electron chi connectivity index (χ1n) is 7.01. The minimum Gasteiger partial charge on any atom is -0.389 e. The highest BCUT2D eigenvalue weighted by atomic mass is 32.1. The fourth-order valence-electron chi connectivity index (χ4n) is 2.94. The van der Waals surface area contributed by atoms with Crippen LogP contribution in [0.1, 0.15) is 44.6 Å². The summed E-state index contributed by atoms with van der Waals surface area (Å²) in [5.74, 6) is -1.88. The van der Waals surface area contributed by atoms with Crippen LogP contribution < -0.4 is 11.1 Å². The normalized spacial score (nSPS) is 17.1. The van der Waals surface area contributed by atoms with Gasteiger partial charge in [0.2, 0.25) is 0 Å². The average Bonchev–Trinajstić information content (AvgIpc) is 2.89. The number of anilines is 1. The average molecular weight is 298 g/mol. The molecule has 1 fully saturated rings. The zero-order valence-electron chi connectivity index (χ0n) is 11.6. The summed E-state index contributed by atoms with van der Waals surface area (Å²) in [7, 11) is 0. The van der Waals surface area contributed by atoms with Gasteiger partial charge in [0.25, 0.3) is 0 Å². The van der Waals surface area contributed by atoms with Gasteiger partial charge in [-0.25, -0.2) is 8.78 Å². The Morgan fingerprint density at radius 2 is 1.95 bits per heavy atom. The van der Waals surface area contributed by atoms with Crippen LogP contribution in [0.3, 0.4) is 0 Å². The Hall–Kier alpha value is -1.23. The largest absolute Gasteiger partial charge is 0.389 e. The van der Waals surface area contributed by atoms with Gasteiger partial charge in [-0.05, 0) is 36.8 Å². The summed E-state index contributed by atoms with van der Waals surface area (Å²) in [5, 5.41) is 3.05. The second-order valence-corrected chi connectivity index (χ2v) is 6.01. The van der Waals surface area contributed by atoms with Gasteiger partial charge in [0.05, 0.1) is 5.69 Å². The monoisotopic (exact) mass is 298 g/mol. The van der Waals surface area contributed by atoms with Crippen molar-refractivity contribution >= 4 is 22.9 Å². The van der Waals surface area contributed by atoms with Crippen LogP contribution in [0.25, 0.3) is 0 Å². The van der Waals surface area contributed by atoms with E-state index in [4.69, 9.17) is 18.0 Å². The maximum Gasteiger partial charge on any atom is 0.182 e. The van der Waals surface area contributed by atoms with Crippen LogP contribution in [0.5, 0.6) is 0 Å². The van der Waals surface area contributed by atoms with Gasteiger partial charge in [0.15, 0.2) is 11.6 Å². The Balaban J connectivity index is 2.14. The van der Waals surface area contributed by atoms with Crippen molar-refractivity contribution in [2.24, 2.45) is 11.1 Å². The lowest BCUT2D eigenvalue weighted by Gasteiger charge is -2.28. The van der Waals surface area contributed by atoms with Gasteiger partial charge in [0.1, 0.15) is 4.99 Å². The van der Waals surface area contributed by atoms with Crippen LogP contribution in [0.15, 0.2) is 12.1 Å². The highest BCUT2D eigenvalue weighted by Crippen LogP contribution is 2.41. The van der Waals surface area contributed by atoms with E-state index in [0.29, 0.717) is 6.54 Å². The molecule has 1 aromatic carbocycles. The third-order valence-corrected chi connectivity index (χ3v) is 4.64. The smallest absolute Gasteiger partial charge is 0.182 e. The molecule has 0 heterocycles. The number of nitrogens with two attached hydrogens (primary N) is 1. The molecule has 0 aliphatic heterocycles. The summed E-state index contributed by atoms with van der Waals surface area (Å²) in [5.41, 5.74) is 5.70. The Morgan fingerprint density at radius 3 is 2.50 bits per heavy atom. The Kier molecular flexibility index (Phi) is 4.58. The molecular formula is C15H20F2N2S. The molecule has 1 aliphatic rings.